The molecule has 0 spiro atoms. The van der Waals surface area contributed by atoms with Gasteiger partial charge in [0.2, 0.25) is 0 Å². The Morgan fingerprint density at radius 3 is 2.46 bits per heavy atom. The molecule has 0 aliphatic carbocycles. The van der Waals surface area contributed by atoms with Gasteiger partial charge in [-0.1, -0.05) is 58.7 Å². The van der Waals surface area contributed by atoms with Crippen LogP contribution in [0.5, 0.6) is 0 Å². The van der Waals surface area contributed by atoms with Crippen LogP contribution in [0, 0.1) is 17.5 Å². The number of aliphatic hydroxyl groups excluding tert-OH is 1. The summed E-state index contributed by atoms with van der Waals surface area (Å²) < 4.78 is 60.8. The number of hydrogen-bond donors (Lipinski definition) is 4. The van der Waals surface area contributed by atoms with E-state index in [1.165, 1.54) is 16.9 Å². The zero-order chi connectivity index (χ0) is 32.5. The van der Waals surface area contributed by atoms with E-state index in [1.54, 1.807) is 36.4 Å². The smallest absolute Gasteiger partial charge is 0.270 e. The number of hydrazine groups is 1. The number of amides is 1. The Hall–Kier alpha value is -3.83. The lowest BCUT2D eigenvalue weighted by atomic mass is 9.91. The number of fused-ring (bicyclic) bond motifs is 1. The van der Waals surface area contributed by atoms with Crippen LogP contribution in [-0.4, -0.2) is 62.1 Å². The molecule has 0 bridgehead atoms. The second kappa shape index (κ2) is 13.5. The molecule has 2 fully saturated rings. The van der Waals surface area contributed by atoms with Crippen LogP contribution >= 0.6 is 35.4 Å². The fourth-order valence-electron chi connectivity index (χ4n) is 5.10. The number of thiocarbonyl (C=S) groups is 1. The lowest BCUT2D eigenvalue weighted by Gasteiger charge is -2.47. The molecule has 240 valence electrons. The highest BCUT2D eigenvalue weighted by molar-refractivity contribution is 7.80. The van der Waals surface area contributed by atoms with Gasteiger partial charge in [0.15, 0.2) is 35.0 Å². The molecule has 1 aromatic heterocycles. The molecule has 2 aliphatic rings. The highest BCUT2D eigenvalue weighted by atomic mass is 35.5. The van der Waals surface area contributed by atoms with Gasteiger partial charge in [-0.3, -0.25) is 15.6 Å². The average molecular weight is 696 g/mol. The van der Waals surface area contributed by atoms with Crippen LogP contribution in [0.3, 0.4) is 0 Å². The Morgan fingerprint density at radius 1 is 1.00 bits per heavy atom. The molecule has 11 nitrogen and oxygen atoms in total. The van der Waals surface area contributed by atoms with Crippen molar-refractivity contribution in [2.24, 2.45) is 0 Å². The molecule has 3 heterocycles. The summed E-state index contributed by atoms with van der Waals surface area (Å²) in [6.07, 6.45) is -4.45. The Balaban J connectivity index is 1.23. The summed E-state index contributed by atoms with van der Waals surface area (Å²) in [5, 5.41) is 23.0. The van der Waals surface area contributed by atoms with Crippen LogP contribution in [0.2, 0.25) is 10.0 Å². The zero-order valence-corrected chi connectivity index (χ0v) is 25.6. The molecule has 46 heavy (non-hydrogen) atoms. The van der Waals surface area contributed by atoms with Crippen molar-refractivity contribution in [2.45, 2.75) is 36.7 Å². The van der Waals surface area contributed by atoms with Crippen molar-refractivity contribution in [2.75, 3.05) is 11.9 Å². The number of nitrogens with one attached hydrogen (secondary N) is 3. The minimum Gasteiger partial charge on any atom is -0.387 e. The Kier molecular flexibility index (Phi) is 9.42. The zero-order valence-electron chi connectivity index (χ0n) is 23.2. The highest BCUT2D eigenvalue weighted by Crippen LogP contribution is 2.39. The minimum atomic E-state index is -1.63. The van der Waals surface area contributed by atoms with Crippen LogP contribution in [-0.2, 0) is 19.0 Å². The lowest BCUT2D eigenvalue weighted by molar-refractivity contribution is -0.312. The predicted octanol–water partition coefficient (Wildman–Crippen LogP) is 4.47. The largest absolute Gasteiger partial charge is 0.387 e. The normalized spacial score (nSPS) is 24.1. The molecule has 2 aliphatic heterocycles. The molecule has 6 atom stereocenters. The maximum Gasteiger partial charge on any atom is 0.270 e. The predicted molar refractivity (Wildman–Crippen MR) is 163 cm³/mol. The number of carbonyl (C=O) groups excluding carboxylic acids is 1. The molecule has 4 aromatic rings. The summed E-state index contributed by atoms with van der Waals surface area (Å²) in [6.45, 7) is -0.0299. The number of nitrogens with zero attached hydrogens (tertiary/aromatic N) is 3. The second-order valence-electron chi connectivity index (χ2n) is 10.3. The second-order valence-corrected chi connectivity index (χ2v) is 11.5. The first-order chi connectivity index (χ1) is 22.1. The van der Waals surface area contributed by atoms with Crippen molar-refractivity contribution in [3.63, 3.8) is 0 Å². The van der Waals surface area contributed by atoms with Gasteiger partial charge in [-0.15, -0.1) is 5.10 Å². The molecule has 3 aromatic carbocycles. The van der Waals surface area contributed by atoms with E-state index < -0.39 is 60.1 Å². The van der Waals surface area contributed by atoms with Crippen LogP contribution in [0.4, 0.5) is 18.9 Å². The van der Waals surface area contributed by atoms with E-state index in [-0.39, 0.29) is 28.0 Å². The monoisotopic (exact) mass is 694 g/mol. The van der Waals surface area contributed by atoms with E-state index in [4.69, 9.17) is 49.6 Å². The first-order valence-electron chi connectivity index (χ1n) is 13.6. The van der Waals surface area contributed by atoms with Crippen LogP contribution in [0.15, 0.2) is 66.9 Å². The summed E-state index contributed by atoms with van der Waals surface area (Å²) in [7, 11) is 0. The average Bonchev–Trinajstić information content (AvgIpc) is 3.53. The fraction of sp³-hybridized carbons (Fsp3) is 0.241. The SMILES string of the molecule is O=C(NNC(=S)Nc1ccc(Cl)c(Cl)c1)[C@@H]1O[C@@H]2CO[C@H](c3ccccc3)O[C@@H]2[C@H](n2cc(-c3cc(F)c(F)c(F)c3)nn2)[C@H]1O. The van der Waals surface area contributed by atoms with Gasteiger partial charge in [0.25, 0.3) is 5.91 Å². The van der Waals surface area contributed by atoms with Crippen molar-refractivity contribution in [1.29, 1.82) is 0 Å². The van der Waals surface area contributed by atoms with Crippen molar-refractivity contribution < 1.29 is 37.3 Å². The maximum atomic E-state index is 14.0. The van der Waals surface area contributed by atoms with Gasteiger partial charge in [-0.05, 0) is 42.5 Å². The van der Waals surface area contributed by atoms with Crippen molar-refractivity contribution in [3.05, 3.63) is 99.9 Å². The number of rotatable bonds is 5. The number of ether oxygens (including phenoxy) is 3. The Labute approximate surface area is 274 Å². The van der Waals surface area contributed by atoms with Gasteiger partial charge in [-0.2, -0.15) is 0 Å². The quantitative estimate of drug-likeness (QED) is 0.135. The van der Waals surface area contributed by atoms with Gasteiger partial charge in [0.1, 0.15) is 30.0 Å². The third-order valence-electron chi connectivity index (χ3n) is 7.28. The summed E-state index contributed by atoms with van der Waals surface area (Å²) in [6, 6.07) is 14.2. The molecule has 17 heteroatoms. The fourth-order valence-corrected chi connectivity index (χ4v) is 5.57. The molecule has 0 unspecified atom stereocenters. The molecule has 0 saturated carbocycles. The Morgan fingerprint density at radius 2 is 1.74 bits per heavy atom. The number of halogens is 5. The number of aliphatic hydroxyl groups is 1. The van der Waals surface area contributed by atoms with Crippen LogP contribution in [0.1, 0.15) is 17.9 Å². The van der Waals surface area contributed by atoms with E-state index in [0.29, 0.717) is 16.3 Å². The molecule has 6 rings (SSSR count). The number of aromatic nitrogens is 3. The van der Waals surface area contributed by atoms with Gasteiger partial charge in [0, 0.05) is 16.8 Å². The lowest BCUT2D eigenvalue weighted by Crippen LogP contribution is -2.63. The topological polar surface area (TPSA) is 132 Å². The van der Waals surface area contributed by atoms with E-state index in [0.717, 1.165) is 12.1 Å². The minimum absolute atomic E-state index is 0.0128. The number of carbonyl (C=O) groups is 1. The standard InChI is InChI=1S/C29H23Cl2F3N6O5S/c30-16-7-6-15(10-17(16)31)35-29(46)38-37-27(42)26-24(41)23(25-21(44-26)12-43-28(45-25)13-4-2-1-3-5-13)40-11-20(36-39-40)14-8-18(32)22(34)19(33)9-14/h1-11,21,23-26,28,41H,12H2,(H,37,42)(H2,35,38,46)/t21-,23-,24-,25+,26-,28+/m1/s1. The third kappa shape index (κ3) is 6.66. The van der Waals surface area contributed by atoms with Crippen molar-refractivity contribution in [3.8, 4) is 11.3 Å². The van der Waals surface area contributed by atoms with Crippen LogP contribution < -0.4 is 16.2 Å². The van der Waals surface area contributed by atoms with E-state index in [9.17, 15) is 23.1 Å². The first kappa shape index (κ1) is 32.1. The summed E-state index contributed by atoms with van der Waals surface area (Å²) in [4.78, 5) is 13.3. The summed E-state index contributed by atoms with van der Waals surface area (Å²) >= 11 is 17.2. The molecule has 1 amide bonds. The Bertz CT molecular complexity index is 1750. The molecular weight excluding hydrogens is 672 g/mol. The van der Waals surface area contributed by atoms with Gasteiger partial charge >= 0.3 is 0 Å². The van der Waals surface area contributed by atoms with Gasteiger partial charge < -0.3 is 24.6 Å². The third-order valence-corrected chi connectivity index (χ3v) is 8.22. The molecule has 4 N–H and O–H groups in total. The molecular formula is C29H23Cl2F3N6O5S. The highest BCUT2D eigenvalue weighted by Gasteiger charge is 2.53. The summed E-state index contributed by atoms with van der Waals surface area (Å²) in [5.74, 6) is -5.26. The number of benzene rings is 3. The van der Waals surface area contributed by atoms with Gasteiger partial charge in [0.05, 0.1) is 22.8 Å². The van der Waals surface area contributed by atoms with Crippen molar-refractivity contribution in [1.82, 2.24) is 25.8 Å². The molecule has 0 radical (unpaired) electrons. The number of hydrogen-bond acceptors (Lipinski definition) is 8. The van der Waals surface area contributed by atoms with E-state index in [2.05, 4.69) is 26.5 Å². The van der Waals surface area contributed by atoms with E-state index >= 15 is 0 Å². The van der Waals surface area contributed by atoms with Crippen molar-refractivity contribution >= 4 is 52.1 Å². The van der Waals surface area contributed by atoms with Gasteiger partial charge in [-0.25, -0.2) is 17.9 Å². The maximum absolute atomic E-state index is 14.0. The first-order valence-corrected chi connectivity index (χ1v) is 14.8. The summed E-state index contributed by atoms with van der Waals surface area (Å²) in [5.41, 5.74) is 5.99. The van der Waals surface area contributed by atoms with Crippen LogP contribution in [0.25, 0.3) is 11.3 Å². The molecule has 2 saturated heterocycles. The number of anilines is 1. The van der Waals surface area contributed by atoms with E-state index in [1.807, 2.05) is 6.07 Å².